The van der Waals surface area contributed by atoms with E-state index in [9.17, 15) is 9.90 Å². The Labute approximate surface area is 113 Å². The second-order valence-electron chi connectivity index (χ2n) is 4.19. The van der Waals surface area contributed by atoms with Crippen LogP contribution in [0.1, 0.15) is 10.4 Å². The molecule has 0 spiro atoms. The molecule has 6 heteroatoms. The molecule has 3 rings (SSSR count). The summed E-state index contributed by atoms with van der Waals surface area (Å²) in [6.07, 6.45) is 0. The van der Waals surface area contributed by atoms with Gasteiger partial charge in [0, 0.05) is 11.6 Å². The summed E-state index contributed by atoms with van der Waals surface area (Å²) in [7, 11) is 0. The molecule has 0 unspecified atom stereocenters. The Morgan fingerprint density at radius 1 is 0.950 bits per heavy atom. The number of carboxylic acids is 1. The molecule has 0 fully saturated rings. The quantitative estimate of drug-likeness (QED) is 0.738. The number of rotatable bonds is 2. The average molecular weight is 267 g/mol. The van der Waals surface area contributed by atoms with E-state index in [0.29, 0.717) is 22.4 Å². The molecule has 0 atom stereocenters. The Balaban J connectivity index is 2.05. The lowest BCUT2D eigenvalue weighted by Crippen LogP contribution is -1.97. The number of carbonyl (C=O) groups is 1. The van der Waals surface area contributed by atoms with E-state index >= 15 is 0 Å². The lowest BCUT2D eigenvalue weighted by molar-refractivity contribution is 0.0697. The molecule has 0 bridgehead atoms. The van der Waals surface area contributed by atoms with Gasteiger partial charge in [0.1, 0.15) is 11.3 Å². The molecule has 2 N–H and O–H groups in total. The summed E-state index contributed by atoms with van der Waals surface area (Å²) < 4.78 is 0. The smallest absolute Gasteiger partial charge is 0.335 e. The number of aromatic hydroxyl groups is 1. The molecule has 98 valence electrons. The first-order valence-corrected chi connectivity index (χ1v) is 5.81. The van der Waals surface area contributed by atoms with Crippen LogP contribution < -0.4 is 0 Å². The summed E-state index contributed by atoms with van der Waals surface area (Å²) in [4.78, 5) is 15.1. The fourth-order valence-corrected chi connectivity index (χ4v) is 1.81. The second kappa shape index (κ2) is 4.58. The van der Waals surface area contributed by atoms with Crippen molar-refractivity contribution in [1.29, 1.82) is 0 Å². The van der Waals surface area contributed by atoms with Crippen molar-refractivity contribution in [2.75, 3.05) is 0 Å². The fraction of sp³-hybridized carbons (Fsp3) is 0. The van der Waals surface area contributed by atoms with Crippen LogP contribution >= 0.6 is 0 Å². The molecular formula is C14H9N3O3. The van der Waals surface area contributed by atoms with Gasteiger partial charge in [-0.2, -0.15) is 0 Å². The van der Waals surface area contributed by atoms with Crippen molar-refractivity contribution in [3.8, 4) is 17.1 Å². The predicted molar refractivity (Wildman–Crippen MR) is 71.4 cm³/mol. The minimum atomic E-state index is -0.982. The lowest BCUT2D eigenvalue weighted by atomic mass is 10.1. The van der Waals surface area contributed by atoms with E-state index in [1.54, 1.807) is 18.2 Å². The molecule has 0 aliphatic carbocycles. The molecule has 1 aromatic heterocycles. The van der Waals surface area contributed by atoms with Crippen molar-refractivity contribution in [3.63, 3.8) is 0 Å². The number of phenolic OH excluding ortho intramolecular Hbond substituents is 1. The number of benzene rings is 2. The van der Waals surface area contributed by atoms with Gasteiger partial charge in [-0.15, -0.1) is 10.2 Å². The van der Waals surface area contributed by atoms with Gasteiger partial charge in [0.2, 0.25) is 0 Å². The number of hydrogen-bond donors (Lipinski definition) is 2. The van der Waals surface area contributed by atoms with Crippen LogP contribution in [-0.4, -0.2) is 31.4 Å². The van der Waals surface area contributed by atoms with Crippen LogP contribution in [0, 0.1) is 0 Å². The molecule has 0 aliphatic heterocycles. The van der Waals surface area contributed by atoms with Crippen molar-refractivity contribution in [1.82, 2.24) is 15.2 Å². The summed E-state index contributed by atoms with van der Waals surface area (Å²) in [6, 6.07) is 10.9. The summed E-state index contributed by atoms with van der Waals surface area (Å²) in [5, 5.41) is 26.2. The summed E-state index contributed by atoms with van der Waals surface area (Å²) in [5.41, 5.74) is 1.98. The standard InChI is InChI=1S/C14H9N3O3/c18-10-5-6-11-12(7-10)16-17-13(15-11)8-1-3-9(4-2-8)14(19)20/h1-7,18H,(H,19,20). The van der Waals surface area contributed by atoms with Gasteiger partial charge in [-0.05, 0) is 24.3 Å². The number of carboxylic acid groups (broad SMARTS) is 1. The van der Waals surface area contributed by atoms with Gasteiger partial charge in [0.15, 0.2) is 5.82 Å². The molecule has 0 saturated heterocycles. The highest BCUT2D eigenvalue weighted by Crippen LogP contribution is 2.20. The zero-order chi connectivity index (χ0) is 14.1. The monoisotopic (exact) mass is 267 g/mol. The third-order valence-corrected chi connectivity index (χ3v) is 2.83. The third kappa shape index (κ3) is 2.14. The Hall–Kier alpha value is -3.02. The number of nitrogens with zero attached hydrogens (tertiary/aromatic N) is 3. The van der Waals surface area contributed by atoms with Crippen molar-refractivity contribution in [2.45, 2.75) is 0 Å². The fourth-order valence-electron chi connectivity index (χ4n) is 1.81. The Kier molecular flexibility index (Phi) is 2.76. The van der Waals surface area contributed by atoms with E-state index in [-0.39, 0.29) is 11.3 Å². The van der Waals surface area contributed by atoms with E-state index in [1.165, 1.54) is 24.3 Å². The van der Waals surface area contributed by atoms with Gasteiger partial charge in [0.05, 0.1) is 11.1 Å². The van der Waals surface area contributed by atoms with Crippen LogP contribution in [0.4, 0.5) is 0 Å². The van der Waals surface area contributed by atoms with Gasteiger partial charge in [-0.25, -0.2) is 9.78 Å². The van der Waals surface area contributed by atoms with Crippen molar-refractivity contribution < 1.29 is 15.0 Å². The minimum absolute atomic E-state index is 0.104. The second-order valence-corrected chi connectivity index (χ2v) is 4.19. The first kappa shape index (κ1) is 12.0. The van der Waals surface area contributed by atoms with Crippen LogP contribution in [0.2, 0.25) is 0 Å². The SMILES string of the molecule is O=C(O)c1ccc(-c2nnc3cc(O)ccc3n2)cc1. The maximum absolute atomic E-state index is 10.8. The number of hydrogen-bond acceptors (Lipinski definition) is 5. The normalized spacial score (nSPS) is 10.6. The lowest BCUT2D eigenvalue weighted by Gasteiger charge is -2.02. The summed E-state index contributed by atoms with van der Waals surface area (Å²) in [5.74, 6) is -0.475. The van der Waals surface area contributed by atoms with Crippen molar-refractivity contribution in [2.24, 2.45) is 0 Å². The highest BCUT2D eigenvalue weighted by Gasteiger charge is 2.07. The Morgan fingerprint density at radius 2 is 1.70 bits per heavy atom. The predicted octanol–water partition coefficient (Wildman–Crippen LogP) is 2.10. The van der Waals surface area contributed by atoms with Gasteiger partial charge in [-0.1, -0.05) is 12.1 Å². The van der Waals surface area contributed by atoms with E-state index in [4.69, 9.17) is 5.11 Å². The highest BCUT2D eigenvalue weighted by molar-refractivity contribution is 5.88. The molecule has 2 aromatic carbocycles. The molecule has 1 heterocycles. The molecule has 6 nitrogen and oxygen atoms in total. The average Bonchev–Trinajstić information content (AvgIpc) is 2.47. The minimum Gasteiger partial charge on any atom is -0.508 e. The number of aromatic carboxylic acids is 1. The third-order valence-electron chi connectivity index (χ3n) is 2.83. The number of aromatic nitrogens is 3. The highest BCUT2D eigenvalue weighted by atomic mass is 16.4. The van der Waals surface area contributed by atoms with E-state index in [0.717, 1.165) is 0 Å². The van der Waals surface area contributed by atoms with E-state index in [1.807, 2.05) is 0 Å². The Morgan fingerprint density at radius 3 is 2.40 bits per heavy atom. The first-order valence-electron chi connectivity index (χ1n) is 5.81. The van der Waals surface area contributed by atoms with Crippen LogP contribution in [0.5, 0.6) is 5.75 Å². The summed E-state index contributed by atoms with van der Waals surface area (Å²) >= 11 is 0. The van der Waals surface area contributed by atoms with Gasteiger partial charge in [-0.3, -0.25) is 0 Å². The molecule has 0 amide bonds. The molecule has 20 heavy (non-hydrogen) atoms. The number of phenols is 1. The van der Waals surface area contributed by atoms with Crippen molar-refractivity contribution in [3.05, 3.63) is 48.0 Å². The van der Waals surface area contributed by atoms with E-state index < -0.39 is 5.97 Å². The van der Waals surface area contributed by atoms with Gasteiger partial charge >= 0.3 is 5.97 Å². The zero-order valence-corrected chi connectivity index (χ0v) is 10.2. The van der Waals surface area contributed by atoms with Gasteiger partial charge < -0.3 is 10.2 Å². The molecule has 0 aliphatic rings. The van der Waals surface area contributed by atoms with E-state index in [2.05, 4.69) is 15.2 Å². The zero-order valence-electron chi connectivity index (χ0n) is 10.2. The maximum Gasteiger partial charge on any atom is 0.335 e. The first-order chi connectivity index (χ1) is 9.63. The molecule has 0 radical (unpaired) electrons. The number of fused-ring (bicyclic) bond motifs is 1. The van der Waals surface area contributed by atoms with Gasteiger partial charge in [0.25, 0.3) is 0 Å². The largest absolute Gasteiger partial charge is 0.508 e. The maximum atomic E-state index is 10.8. The van der Waals surface area contributed by atoms with Crippen LogP contribution in [0.3, 0.4) is 0 Å². The van der Waals surface area contributed by atoms with Crippen molar-refractivity contribution >= 4 is 17.0 Å². The molecule has 0 saturated carbocycles. The summed E-state index contributed by atoms with van der Waals surface area (Å²) in [6.45, 7) is 0. The van der Waals surface area contributed by atoms with Crippen LogP contribution in [0.15, 0.2) is 42.5 Å². The topological polar surface area (TPSA) is 96.2 Å². The molecular weight excluding hydrogens is 258 g/mol. The van der Waals surface area contributed by atoms with Crippen LogP contribution in [0.25, 0.3) is 22.4 Å². The molecule has 3 aromatic rings. The van der Waals surface area contributed by atoms with Crippen LogP contribution in [-0.2, 0) is 0 Å². The Bertz CT molecular complexity index is 800.